The molecular formula is C20H14Br2ClNO3S. The molecule has 0 saturated carbocycles. The molecule has 0 radical (unpaired) electrons. The molecule has 4 nitrogen and oxygen atoms in total. The Hall–Kier alpha value is -1.67. The van der Waals surface area contributed by atoms with Crippen LogP contribution in [-0.2, 0) is 10.1 Å². The summed E-state index contributed by atoms with van der Waals surface area (Å²) in [7, 11) is -4.00. The summed E-state index contributed by atoms with van der Waals surface area (Å²) < 4.78 is 31.3. The Bertz CT molecular complexity index is 1120. The molecule has 28 heavy (non-hydrogen) atoms. The topological polar surface area (TPSA) is 55.7 Å². The van der Waals surface area contributed by atoms with Crippen molar-refractivity contribution in [2.45, 2.75) is 11.8 Å². The highest BCUT2D eigenvalue weighted by atomic mass is 79.9. The van der Waals surface area contributed by atoms with Gasteiger partial charge in [0, 0.05) is 11.2 Å². The van der Waals surface area contributed by atoms with E-state index in [1.807, 2.05) is 31.2 Å². The largest absolute Gasteiger partial charge is 0.377 e. The smallest absolute Gasteiger partial charge is 0.339 e. The van der Waals surface area contributed by atoms with Crippen LogP contribution >= 0.6 is 43.5 Å². The maximum absolute atomic E-state index is 12.5. The number of para-hydroxylation sites is 1. The van der Waals surface area contributed by atoms with Crippen LogP contribution in [0, 0.1) is 6.92 Å². The summed E-state index contributed by atoms with van der Waals surface area (Å²) in [5.74, 6) is 0.156. The van der Waals surface area contributed by atoms with E-state index in [0.29, 0.717) is 14.0 Å². The summed E-state index contributed by atoms with van der Waals surface area (Å²) in [6.45, 7) is 1.98. The Labute approximate surface area is 185 Å². The third-order valence-corrected chi connectivity index (χ3v) is 6.45. The molecule has 3 aromatic rings. The van der Waals surface area contributed by atoms with Gasteiger partial charge in [-0.15, -0.1) is 0 Å². The van der Waals surface area contributed by atoms with E-state index in [2.05, 4.69) is 36.9 Å². The summed E-state index contributed by atoms with van der Waals surface area (Å²) in [6, 6.07) is 17.0. The van der Waals surface area contributed by atoms with Gasteiger partial charge in [-0.2, -0.15) is 8.42 Å². The number of rotatable bonds is 5. The molecule has 0 fully saturated rings. The van der Waals surface area contributed by atoms with Gasteiger partial charge in [0.1, 0.15) is 4.90 Å². The molecule has 0 saturated heterocycles. The summed E-state index contributed by atoms with van der Waals surface area (Å²) in [5.41, 5.74) is 2.70. The van der Waals surface area contributed by atoms with E-state index in [9.17, 15) is 8.42 Å². The molecule has 0 atom stereocenters. The van der Waals surface area contributed by atoms with Crippen molar-refractivity contribution in [3.05, 3.63) is 85.8 Å². The second-order valence-electron chi connectivity index (χ2n) is 5.85. The number of nitrogens with zero attached hydrogens (tertiary/aromatic N) is 1. The van der Waals surface area contributed by atoms with Crippen LogP contribution in [0.2, 0.25) is 5.02 Å². The van der Waals surface area contributed by atoms with Crippen molar-refractivity contribution in [2.24, 2.45) is 4.99 Å². The van der Waals surface area contributed by atoms with Crippen molar-refractivity contribution in [3.63, 3.8) is 0 Å². The SMILES string of the molecule is Cc1ccccc1N=Cc1cc(Br)c(OS(=O)(=O)c2ccc(Cl)cc2)c(Br)c1. The van der Waals surface area contributed by atoms with Gasteiger partial charge in [-0.1, -0.05) is 29.8 Å². The summed E-state index contributed by atoms with van der Waals surface area (Å²) in [6.07, 6.45) is 1.70. The van der Waals surface area contributed by atoms with Crippen molar-refractivity contribution < 1.29 is 12.6 Å². The van der Waals surface area contributed by atoms with Crippen molar-refractivity contribution in [1.29, 1.82) is 0 Å². The molecule has 3 aromatic carbocycles. The van der Waals surface area contributed by atoms with Gasteiger partial charge in [-0.25, -0.2) is 0 Å². The molecule has 0 amide bonds. The molecule has 0 aliphatic carbocycles. The Balaban J connectivity index is 1.88. The molecule has 0 aliphatic rings. The Morgan fingerprint density at radius 2 is 1.61 bits per heavy atom. The second-order valence-corrected chi connectivity index (χ2v) is 9.54. The molecule has 3 rings (SSSR count). The average Bonchev–Trinajstić information content (AvgIpc) is 2.64. The van der Waals surface area contributed by atoms with Gasteiger partial charge in [-0.05, 0) is 92.4 Å². The number of aliphatic imine (C=N–C) groups is 1. The monoisotopic (exact) mass is 541 g/mol. The van der Waals surface area contributed by atoms with Gasteiger partial charge in [-0.3, -0.25) is 4.99 Å². The van der Waals surface area contributed by atoms with Gasteiger partial charge >= 0.3 is 10.1 Å². The molecule has 0 spiro atoms. The van der Waals surface area contributed by atoms with E-state index in [0.717, 1.165) is 16.8 Å². The maximum Gasteiger partial charge on any atom is 0.339 e. The molecule has 144 valence electrons. The summed E-state index contributed by atoms with van der Waals surface area (Å²) in [5, 5.41) is 0.443. The van der Waals surface area contributed by atoms with Crippen LogP contribution in [0.3, 0.4) is 0 Å². The highest BCUT2D eigenvalue weighted by Crippen LogP contribution is 2.36. The van der Waals surface area contributed by atoms with Gasteiger partial charge in [0.25, 0.3) is 0 Å². The quantitative estimate of drug-likeness (QED) is 0.266. The van der Waals surface area contributed by atoms with Gasteiger partial charge < -0.3 is 4.18 Å². The first kappa shape index (κ1) is 21.0. The number of hydrogen-bond acceptors (Lipinski definition) is 4. The number of aryl methyl sites for hydroxylation is 1. The molecule has 0 heterocycles. The van der Waals surface area contributed by atoms with E-state index < -0.39 is 10.1 Å². The summed E-state index contributed by atoms with van der Waals surface area (Å²) >= 11 is 12.6. The van der Waals surface area contributed by atoms with E-state index in [1.54, 1.807) is 18.3 Å². The standard InChI is InChI=1S/C20H14Br2ClNO3S/c1-13-4-2-3-5-19(13)24-12-14-10-17(21)20(18(22)11-14)27-28(25,26)16-8-6-15(23)7-9-16/h2-12H,1H3. The van der Waals surface area contributed by atoms with E-state index in [1.165, 1.54) is 24.3 Å². The summed E-state index contributed by atoms with van der Waals surface area (Å²) in [4.78, 5) is 4.49. The Morgan fingerprint density at radius 3 is 2.21 bits per heavy atom. The zero-order valence-electron chi connectivity index (χ0n) is 14.6. The van der Waals surface area contributed by atoms with Crippen molar-refractivity contribution in [3.8, 4) is 5.75 Å². The first-order valence-corrected chi connectivity index (χ1v) is 11.4. The lowest BCUT2D eigenvalue weighted by Gasteiger charge is -2.11. The van der Waals surface area contributed by atoms with Crippen molar-refractivity contribution >= 4 is 65.5 Å². The zero-order valence-corrected chi connectivity index (χ0v) is 19.3. The van der Waals surface area contributed by atoms with Gasteiger partial charge in [0.05, 0.1) is 14.6 Å². The van der Waals surface area contributed by atoms with Gasteiger partial charge in [0.15, 0.2) is 5.75 Å². The molecular weight excluding hydrogens is 530 g/mol. The average molecular weight is 544 g/mol. The first-order chi connectivity index (χ1) is 13.3. The van der Waals surface area contributed by atoms with Crippen LogP contribution < -0.4 is 4.18 Å². The third kappa shape index (κ3) is 5.03. The van der Waals surface area contributed by atoms with Crippen molar-refractivity contribution in [2.75, 3.05) is 0 Å². The third-order valence-electron chi connectivity index (χ3n) is 3.78. The van der Waals surface area contributed by atoms with Crippen LogP contribution in [0.25, 0.3) is 0 Å². The molecule has 0 aromatic heterocycles. The minimum absolute atomic E-state index is 0.0147. The van der Waals surface area contributed by atoms with Crippen LogP contribution in [0.15, 0.2) is 79.5 Å². The van der Waals surface area contributed by atoms with Crippen LogP contribution in [0.5, 0.6) is 5.75 Å². The normalized spacial score (nSPS) is 11.7. The van der Waals surface area contributed by atoms with Gasteiger partial charge in [0.2, 0.25) is 0 Å². The van der Waals surface area contributed by atoms with E-state index in [-0.39, 0.29) is 10.6 Å². The van der Waals surface area contributed by atoms with E-state index in [4.69, 9.17) is 15.8 Å². The molecule has 0 bridgehead atoms. The Kier molecular flexibility index (Phi) is 6.60. The molecule has 0 N–H and O–H groups in total. The fraction of sp³-hybridized carbons (Fsp3) is 0.0500. The fourth-order valence-electron chi connectivity index (χ4n) is 2.35. The first-order valence-electron chi connectivity index (χ1n) is 8.05. The molecule has 8 heteroatoms. The zero-order chi connectivity index (χ0) is 20.3. The maximum atomic E-state index is 12.5. The predicted molar refractivity (Wildman–Crippen MR) is 120 cm³/mol. The van der Waals surface area contributed by atoms with Crippen LogP contribution in [-0.4, -0.2) is 14.6 Å². The minimum atomic E-state index is -4.00. The van der Waals surface area contributed by atoms with Crippen LogP contribution in [0.4, 0.5) is 5.69 Å². The number of benzene rings is 3. The highest BCUT2D eigenvalue weighted by Gasteiger charge is 2.20. The lowest BCUT2D eigenvalue weighted by molar-refractivity contribution is 0.483. The number of halogens is 3. The van der Waals surface area contributed by atoms with E-state index >= 15 is 0 Å². The highest BCUT2D eigenvalue weighted by molar-refractivity contribution is 9.11. The number of hydrogen-bond donors (Lipinski definition) is 0. The van der Waals surface area contributed by atoms with Crippen molar-refractivity contribution in [1.82, 2.24) is 0 Å². The fourth-order valence-corrected chi connectivity index (χ4v) is 5.03. The molecule has 0 aliphatic heterocycles. The lowest BCUT2D eigenvalue weighted by Crippen LogP contribution is -2.10. The minimum Gasteiger partial charge on any atom is -0.377 e. The molecule has 0 unspecified atom stereocenters. The van der Waals surface area contributed by atoms with Crippen LogP contribution in [0.1, 0.15) is 11.1 Å². The predicted octanol–water partition coefficient (Wildman–Crippen LogP) is 6.69. The lowest BCUT2D eigenvalue weighted by atomic mass is 10.2. The Morgan fingerprint density at radius 1 is 1.00 bits per heavy atom. The second kappa shape index (κ2) is 8.78.